The van der Waals surface area contributed by atoms with E-state index in [1.165, 1.54) is 36.4 Å². The van der Waals surface area contributed by atoms with Crippen LogP contribution in [0.5, 0.6) is 0 Å². The molecule has 1 aliphatic carbocycles. The summed E-state index contributed by atoms with van der Waals surface area (Å²) in [4.78, 5) is 80.3. The van der Waals surface area contributed by atoms with Gasteiger partial charge in [-0.1, -0.05) is 18.2 Å². The van der Waals surface area contributed by atoms with Gasteiger partial charge in [0.15, 0.2) is 0 Å². The van der Waals surface area contributed by atoms with Crippen LogP contribution in [0.25, 0.3) is 50.7 Å². The van der Waals surface area contributed by atoms with Crippen molar-refractivity contribution >= 4 is 86.2 Å². The Labute approximate surface area is 662 Å². The summed E-state index contributed by atoms with van der Waals surface area (Å²) in [7, 11) is 12.2. The number of anilines is 9. The Bertz CT molecular complexity index is 5780. The number of carbonyl (C=O) groups is 3. The summed E-state index contributed by atoms with van der Waals surface area (Å²) in [6.07, 6.45) is 12.5. The van der Waals surface area contributed by atoms with Crippen molar-refractivity contribution in [3.8, 4) is 33.8 Å². The number of amides is 3. The molecule has 3 aromatic carbocycles. The zero-order chi connectivity index (χ0) is 79.5. The van der Waals surface area contributed by atoms with Gasteiger partial charge in [0.25, 0.3) is 17.7 Å². The first-order valence-electron chi connectivity index (χ1n) is 38.7. The molecule has 0 radical (unpaired) electrons. The Morgan fingerprint density at radius 3 is 1.29 bits per heavy atom. The average Bonchev–Trinajstić information content (AvgIpc) is 1.63. The number of hydrogen-bond acceptors (Lipinski definition) is 21. The van der Waals surface area contributed by atoms with E-state index in [2.05, 4.69) is 108 Å². The third-order valence-corrected chi connectivity index (χ3v) is 21.8. The monoisotopic (exact) mass is 1560 g/mol. The predicted molar refractivity (Wildman–Crippen MR) is 435 cm³/mol. The van der Waals surface area contributed by atoms with Crippen LogP contribution < -0.4 is 46.6 Å². The van der Waals surface area contributed by atoms with Crippen LogP contribution in [0.4, 0.5) is 64.7 Å². The molecule has 1 spiro atoms. The van der Waals surface area contributed by atoms with E-state index in [1.54, 1.807) is 37.2 Å². The van der Waals surface area contributed by atoms with Gasteiger partial charge < -0.3 is 75.5 Å². The lowest BCUT2D eigenvalue weighted by molar-refractivity contribution is 0.0205. The maximum atomic E-state index is 13.7. The molecule has 6 aliphatic heterocycles. The van der Waals surface area contributed by atoms with Crippen LogP contribution in [-0.4, -0.2) is 195 Å². The van der Waals surface area contributed by atoms with Crippen molar-refractivity contribution < 1.29 is 41.8 Å². The molecule has 12 aromatic rings. The summed E-state index contributed by atoms with van der Waals surface area (Å²) in [5, 5.41) is 19.1. The van der Waals surface area contributed by atoms with Gasteiger partial charge in [-0.2, -0.15) is 0 Å². The van der Waals surface area contributed by atoms with E-state index in [-0.39, 0.29) is 52.9 Å². The van der Waals surface area contributed by atoms with E-state index >= 15 is 0 Å². The van der Waals surface area contributed by atoms with Crippen LogP contribution in [-0.2, 0) is 53.5 Å². The van der Waals surface area contributed by atoms with Crippen LogP contribution in [0, 0.1) is 17.5 Å². The van der Waals surface area contributed by atoms with Gasteiger partial charge >= 0.3 is 0 Å². The number of nitrogens with one attached hydrogen (secondary N) is 6. The van der Waals surface area contributed by atoms with Gasteiger partial charge in [0, 0.05) is 132 Å². The van der Waals surface area contributed by atoms with Crippen LogP contribution in [0.2, 0.25) is 0 Å². The maximum Gasteiger partial charge on any atom is 0.254 e. The average molecular weight is 1560 g/mol. The highest BCUT2D eigenvalue weighted by Gasteiger charge is 2.48. The van der Waals surface area contributed by atoms with Gasteiger partial charge in [0.1, 0.15) is 51.8 Å². The second-order valence-electron chi connectivity index (χ2n) is 31.0. The van der Waals surface area contributed by atoms with Crippen LogP contribution in [0.15, 0.2) is 146 Å². The standard InChI is InChI=1S/C29H30FN7O2.2C28H30FN7O2/c1-35(2)16-22-23(36-11-12-39-29(17-36)8-9-29)5-6-25(34-22)33-21-4-3-19(20-14-32-28(38)27(20)21)24-15-31-26-13-18(30)7-10-37(24)26;1-17-16-38-11-10-35(17)23-6-7-25(33-22(23)15-34(2)3)32-21-5-4-19(20-13-31-28(37)27(20)21)24-14-30-26-12-18(29)8-9-36(24)26;1-17-15-35(10-11-38-17)23-6-7-25(33-22(23)16-34(2)3)32-21-5-4-19(20-13-31-28(37)27(20)21)24-14-30-26-12-18(29)8-9-36(24)26/h3-7,10,13,15H,8-9,11-12,14,16-17H2,1-2H3,(H,32,38)(H,33,34);2*4-9,12,14,17H,10-11,13,15-16H2,1-3H3,(H,31,37)(H,32,33)/t;2*17-/m.10/s1. The van der Waals surface area contributed by atoms with Crippen LogP contribution >= 0.6 is 0 Å². The number of carbonyl (C=O) groups excluding carboxylic acids is 3. The summed E-state index contributed by atoms with van der Waals surface area (Å²) < 4.78 is 64.0. The highest BCUT2D eigenvalue weighted by atomic mass is 19.1. The Morgan fingerprint density at radius 1 is 0.487 bits per heavy atom. The van der Waals surface area contributed by atoms with Gasteiger partial charge in [0.05, 0.1) is 142 Å². The normalized spacial score (nSPS) is 17.4. The summed E-state index contributed by atoms with van der Waals surface area (Å²) >= 11 is 0. The molecule has 0 unspecified atom stereocenters. The molecular formula is C85H90F3N21O6. The molecule has 1 saturated carbocycles. The lowest BCUT2D eigenvalue weighted by Crippen LogP contribution is -2.44. The van der Waals surface area contributed by atoms with E-state index in [1.807, 2.05) is 110 Å². The van der Waals surface area contributed by atoms with Gasteiger partial charge in [-0.25, -0.2) is 43.1 Å². The Hall–Kier alpha value is -12.1. The molecule has 9 aromatic heterocycles. The first kappa shape index (κ1) is 75.6. The van der Waals surface area contributed by atoms with E-state index in [0.717, 1.165) is 137 Å². The van der Waals surface area contributed by atoms with Crippen molar-refractivity contribution in [3.63, 3.8) is 0 Å². The number of halogens is 3. The molecule has 27 nitrogen and oxygen atoms in total. The highest BCUT2D eigenvalue weighted by Crippen LogP contribution is 2.45. The quantitative estimate of drug-likeness (QED) is 0.0466. The van der Waals surface area contributed by atoms with Crippen molar-refractivity contribution in [2.24, 2.45) is 0 Å². The summed E-state index contributed by atoms with van der Waals surface area (Å²) in [6, 6.07) is 32.5. The SMILES string of the molecule is CN(C)Cc1nc(Nc2ccc(-c3cnc4cc(F)ccn34)c3c2C(=O)NC3)ccc1N1CCOC2(CC2)C1.C[C@@H]1COCCN1c1ccc(Nc2ccc(-c3cnc4cc(F)ccn34)c3c2C(=O)NC3)nc1CN(C)C.C[C@H]1CN(c2ccc(Nc3ccc(-c4cnc5cc(F)ccn45)c4c3C(=O)NC4)nc2CN(C)C)CCO1. The number of benzene rings is 3. The fourth-order valence-corrected chi connectivity index (χ4v) is 16.3. The molecule has 3 saturated heterocycles. The number of morpholine rings is 3. The van der Waals surface area contributed by atoms with Gasteiger partial charge in [-0.15, -0.1) is 0 Å². The number of imidazole rings is 3. The molecule has 7 aliphatic rings. The molecule has 30 heteroatoms. The summed E-state index contributed by atoms with van der Waals surface area (Å²) in [6.45, 7) is 14.5. The summed E-state index contributed by atoms with van der Waals surface area (Å²) in [5.41, 5.74) is 19.3. The van der Waals surface area contributed by atoms with Gasteiger partial charge in [0.2, 0.25) is 0 Å². The number of pyridine rings is 6. The first-order valence-corrected chi connectivity index (χ1v) is 38.7. The third-order valence-electron chi connectivity index (χ3n) is 21.8. The minimum absolute atomic E-state index is 0.0230. The Balaban J connectivity index is 0.000000124. The van der Waals surface area contributed by atoms with E-state index in [9.17, 15) is 27.6 Å². The number of hydrogen-bond donors (Lipinski definition) is 6. The smallest absolute Gasteiger partial charge is 0.254 e. The largest absolute Gasteiger partial charge is 0.377 e. The minimum Gasteiger partial charge on any atom is -0.377 e. The molecular weight excluding hydrogens is 1470 g/mol. The minimum atomic E-state index is -0.341. The van der Waals surface area contributed by atoms with E-state index in [0.29, 0.717) is 127 Å². The predicted octanol–water partition coefficient (Wildman–Crippen LogP) is 11.6. The lowest BCUT2D eigenvalue weighted by atomic mass is 9.99. The fraction of sp³-hybridized carbons (Fsp3) is 0.329. The van der Waals surface area contributed by atoms with E-state index < -0.39 is 0 Å². The zero-order valence-electron chi connectivity index (χ0n) is 65.3. The van der Waals surface area contributed by atoms with Crippen molar-refractivity contribution in [3.05, 3.63) is 214 Å². The van der Waals surface area contributed by atoms with E-state index in [4.69, 9.17) is 29.2 Å². The van der Waals surface area contributed by atoms with Crippen molar-refractivity contribution in [1.29, 1.82) is 0 Å². The Morgan fingerprint density at radius 2 is 0.887 bits per heavy atom. The summed E-state index contributed by atoms with van der Waals surface area (Å²) in [5.74, 6) is 0.589. The molecule has 0 bridgehead atoms. The molecule has 6 N–H and O–H groups in total. The molecule has 2 atom stereocenters. The van der Waals surface area contributed by atoms with Crippen LogP contribution in [0.1, 0.15) is 91.5 Å². The zero-order valence-corrected chi connectivity index (χ0v) is 65.3. The third kappa shape index (κ3) is 15.4. The fourth-order valence-electron chi connectivity index (χ4n) is 16.3. The lowest BCUT2D eigenvalue weighted by Gasteiger charge is -2.36. The molecule has 115 heavy (non-hydrogen) atoms. The second kappa shape index (κ2) is 31.4. The first-order chi connectivity index (χ1) is 55.6. The molecule has 19 rings (SSSR count). The molecule has 3 amide bonds. The van der Waals surface area contributed by atoms with Crippen molar-refractivity contribution in [2.75, 3.05) is 132 Å². The highest BCUT2D eigenvalue weighted by molar-refractivity contribution is 6.08. The number of rotatable bonds is 18. The second-order valence-corrected chi connectivity index (χ2v) is 31.0. The van der Waals surface area contributed by atoms with Gasteiger partial charge in [-0.05, 0) is 158 Å². The topological polar surface area (TPSA) is 261 Å². The molecule has 15 heterocycles. The van der Waals surface area contributed by atoms with Crippen LogP contribution in [0.3, 0.4) is 0 Å². The number of nitrogens with zero attached hydrogens (tertiary/aromatic N) is 15. The van der Waals surface area contributed by atoms with Crippen molar-refractivity contribution in [1.82, 2.24) is 73.8 Å². The molecule has 4 fully saturated rings. The Kier molecular flexibility index (Phi) is 20.6. The number of fused-ring (bicyclic) bond motifs is 6. The van der Waals surface area contributed by atoms with Crippen molar-refractivity contribution in [2.45, 2.75) is 83.7 Å². The number of aromatic nitrogens is 9. The number of ether oxygens (including phenoxy) is 3. The maximum absolute atomic E-state index is 13.7. The molecule has 592 valence electrons. The van der Waals surface area contributed by atoms with Gasteiger partial charge in [-0.3, -0.25) is 27.6 Å².